The van der Waals surface area contributed by atoms with Crippen LogP contribution >= 0.6 is 0 Å². The molecule has 2 rings (SSSR count). The largest absolute Gasteiger partial charge is 0.375 e. The highest BCUT2D eigenvalue weighted by molar-refractivity contribution is 5.62. The Balaban J connectivity index is 2.46. The highest BCUT2D eigenvalue weighted by atomic mass is 16.5. The average molecular weight is 259 g/mol. The van der Waals surface area contributed by atoms with E-state index in [9.17, 15) is 5.26 Å². The number of ether oxygens (including phenoxy) is 1. The van der Waals surface area contributed by atoms with E-state index in [4.69, 9.17) is 4.74 Å². The van der Waals surface area contributed by atoms with Crippen molar-refractivity contribution < 1.29 is 4.74 Å². The molecule has 0 amide bonds. The Hall–Kier alpha value is -1.60. The number of morpholine rings is 1. The summed E-state index contributed by atoms with van der Waals surface area (Å²) in [5, 5.41) is 9.40. The average Bonchev–Trinajstić information content (AvgIpc) is 2.37. The molecule has 0 aliphatic carbocycles. The number of nitrogens with zero attached hydrogens (tertiary/aromatic N) is 3. The van der Waals surface area contributed by atoms with Crippen molar-refractivity contribution in [3.63, 3.8) is 0 Å². The molecule has 102 valence electrons. The minimum absolute atomic E-state index is 0.197. The first-order valence-corrected chi connectivity index (χ1v) is 6.83. The van der Waals surface area contributed by atoms with Crippen molar-refractivity contribution >= 4 is 5.69 Å². The molecule has 1 fully saturated rings. The van der Waals surface area contributed by atoms with Gasteiger partial charge in [-0.1, -0.05) is 6.92 Å². The predicted molar refractivity (Wildman–Crippen MR) is 75.3 cm³/mol. The first-order chi connectivity index (χ1) is 9.06. The van der Waals surface area contributed by atoms with Gasteiger partial charge < -0.3 is 9.64 Å². The van der Waals surface area contributed by atoms with Gasteiger partial charge in [0, 0.05) is 12.2 Å². The van der Waals surface area contributed by atoms with Gasteiger partial charge in [0.25, 0.3) is 0 Å². The summed E-state index contributed by atoms with van der Waals surface area (Å²) in [6, 6.07) is 4.66. The molecule has 0 saturated carbocycles. The molecule has 4 nitrogen and oxygen atoms in total. The number of anilines is 1. The topological polar surface area (TPSA) is 49.1 Å². The second-order valence-corrected chi connectivity index (χ2v) is 5.21. The van der Waals surface area contributed by atoms with Gasteiger partial charge >= 0.3 is 0 Å². The summed E-state index contributed by atoms with van der Waals surface area (Å²) < 4.78 is 5.73. The lowest BCUT2D eigenvalue weighted by Crippen LogP contribution is -2.49. The van der Waals surface area contributed by atoms with Crippen LogP contribution in [-0.4, -0.2) is 30.3 Å². The smallest absolute Gasteiger partial charge is 0.103 e. The second kappa shape index (κ2) is 5.58. The third kappa shape index (κ3) is 2.71. The number of rotatable bonds is 2. The standard InChI is InChI=1S/C15H21N3O/c1-5-13-9-19-11(3)8-18(13)15-6-10(2)17-12(4)14(15)7-16/h6,11,13H,5,8-9H2,1-4H3. The molecule has 4 heteroatoms. The Morgan fingerprint density at radius 2 is 2.26 bits per heavy atom. The minimum atomic E-state index is 0.197. The predicted octanol–water partition coefficient (Wildman–Crippen LogP) is 2.57. The van der Waals surface area contributed by atoms with Crippen molar-refractivity contribution in [3.8, 4) is 6.07 Å². The van der Waals surface area contributed by atoms with Gasteiger partial charge in [0.1, 0.15) is 6.07 Å². The van der Waals surface area contributed by atoms with E-state index in [1.807, 2.05) is 19.9 Å². The maximum atomic E-state index is 9.40. The SMILES string of the molecule is CCC1COC(C)CN1c1cc(C)nc(C)c1C#N. The Labute approximate surface area is 115 Å². The van der Waals surface area contributed by atoms with Crippen molar-refractivity contribution in [3.05, 3.63) is 23.0 Å². The van der Waals surface area contributed by atoms with Crippen molar-refractivity contribution in [1.29, 1.82) is 5.26 Å². The summed E-state index contributed by atoms with van der Waals surface area (Å²) in [4.78, 5) is 6.70. The molecule has 2 unspecified atom stereocenters. The fourth-order valence-electron chi connectivity index (χ4n) is 2.65. The van der Waals surface area contributed by atoms with Crippen LogP contribution < -0.4 is 4.90 Å². The van der Waals surface area contributed by atoms with Gasteiger partial charge in [-0.25, -0.2) is 0 Å². The van der Waals surface area contributed by atoms with Crippen molar-refractivity contribution in [1.82, 2.24) is 4.98 Å². The normalized spacial score (nSPS) is 23.2. The van der Waals surface area contributed by atoms with E-state index < -0.39 is 0 Å². The van der Waals surface area contributed by atoms with Gasteiger partial charge in [-0.2, -0.15) is 5.26 Å². The molecular weight excluding hydrogens is 238 g/mol. The molecule has 0 N–H and O–H groups in total. The van der Waals surface area contributed by atoms with Crippen LogP contribution in [0.4, 0.5) is 5.69 Å². The van der Waals surface area contributed by atoms with Gasteiger partial charge in [-0.3, -0.25) is 4.98 Å². The first-order valence-electron chi connectivity index (χ1n) is 6.83. The van der Waals surface area contributed by atoms with E-state index in [2.05, 4.69) is 29.8 Å². The zero-order valence-corrected chi connectivity index (χ0v) is 12.1. The maximum absolute atomic E-state index is 9.40. The van der Waals surface area contributed by atoms with Crippen molar-refractivity contribution in [2.75, 3.05) is 18.1 Å². The van der Waals surface area contributed by atoms with Crippen LogP contribution in [0.25, 0.3) is 0 Å². The van der Waals surface area contributed by atoms with Gasteiger partial charge in [0.05, 0.1) is 35.7 Å². The molecule has 1 aliphatic heterocycles. The third-order valence-electron chi connectivity index (χ3n) is 3.67. The van der Waals surface area contributed by atoms with Crippen molar-refractivity contribution in [2.45, 2.75) is 46.3 Å². The van der Waals surface area contributed by atoms with Crippen LogP contribution in [0.1, 0.15) is 37.2 Å². The molecule has 2 heterocycles. The number of aromatic nitrogens is 1. The first kappa shape index (κ1) is 13.8. The minimum Gasteiger partial charge on any atom is -0.375 e. The van der Waals surface area contributed by atoms with Crippen LogP contribution in [0.3, 0.4) is 0 Å². The number of nitriles is 1. The Bertz CT molecular complexity index is 507. The molecular formula is C15H21N3O. The highest BCUT2D eigenvalue weighted by Crippen LogP contribution is 2.28. The number of aryl methyl sites for hydroxylation is 2. The Morgan fingerprint density at radius 3 is 2.89 bits per heavy atom. The lowest BCUT2D eigenvalue weighted by atomic mass is 10.1. The zero-order valence-electron chi connectivity index (χ0n) is 12.1. The molecule has 0 bridgehead atoms. The van der Waals surface area contributed by atoms with Crippen LogP contribution in [0.15, 0.2) is 6.07 Å². The summed E-state index contributed by atoms with van der Waals surface area (Å²) in [5.74, 6) is 0. The van der Waals surface area contributed by atoms with Gasteiger partial charge in [0.15, 0.2) is 0 Å². The third-order valence-corrected chi connectivity index (χ3v) is 3.67. The van der Waals surface area contributed by atoms with Crippen molar-refractivity contribution in [2.24, 2.45) is 0 Å². The lowest BCUT2D eigenvalue weighted by Gasteiger charge is -2.40. The molecule has 1 aliphatic rings. The number of hydrogen-bond acceptors (Lipinski definition) is 4. The molecule has 0 spiro atoms. The molecule has 1 aromatic heterocycles. The van der Waals surface area contributed by atoms with E-state index in [-0.39, 0.29) is 6.10 Å². The maximum Gasteiger partial charge on any atom is 0.103 e. The van der Waals surface area contributed by atoms with Gasteiger partial charge in [0.2, 0.25) is 0 Å². The van der Waals surface area contributed by atoms with Gasteiger partial charge in [-0.15, -0.1) is 0 Å². The van der Waals surface area contributed by atoms with Crippen LogP contribution in [-0.2, 0) is 4.74 Å². The highest BCUT2D eigenvalue weighted by Gasteiger charge is 2.28. The molecule has 0 radical (unpaired) electrons. The van der Waals surface area contributed by atoms with E-state index in [1.165, 1.54) is 0 Å². The molecule has 0 aromatic carbocycles. The summed E-state index contributed by atoms with van der Waals surface area (Å²) in [5.41, 5.74) is 3.47. The quantitative estimate of drug-likeness (QED) is 0.819. The van der Waals surface area contributed by atoms with E-state index in [0.29, 0.717) is 11.6 Å². The fourth-order valence-corrected chi connectivity index (χ4v) is 2.65. The molecule has 19 heavy (non-hydrogen) atoms. The molecule has 1 aromatic rings. The van der Waals surface area contributed by atoms with E-state index in [1.54, 1.807) is 0 Å². The Morgan fingerprint density at radius 1 is 1.53 bits per heavy atom. The lowest BCUT2D eigenvalue weighted by molar-refractivity contribution is 0.0299. The van der Waals surface area contributed by atoms with Crippen LogP contribution in [0, 0.1) is 25.2 Å². The fraction of sp³-hybridized carbons (Fsp3) is 0.600. The number of pyridine rings is 1. The Kier molecular flexibility index (Phi) is 4.06. The monoisotopic (exact) mass is 259 g/mol. The zero-order chi connectivity index (χ0) is 14.0. The van der Waals surface area contributed by atoms with Crippen LogP contribution in [0.2, 0.25) is 0 Å². The van der Waals surface area contributed by atoms with Crippen LogP contribution in [0.5, 0.6) is 0 Å². The van der Waals surface area contributed by atoms with Gasteiger partial charge in [-0.05, 0) is 33.3 Å². The van der Waals surface area contributed by atoms with E-state index in [0.717, 1.165) is 36.6 Å². The summed E-state index contributed by atoms with van der Waals surface area (Å²) >= 11 is 0. The summed E-state index contributed by atoms with van der Waals surface area (Å²) in [7, 11) is 0. The summed E-state index contributed by atoms with van der Waals surface area (Å²) in [6.45, 7) is 9.66. The number of hydrogen-bond donors (Lipinski definition) is 0. The van der Waals surface area contributed by atoms with E-state index >= 15 is 0 Å². The summed E-state index contributed by atoms with van der Waals surface area (Å²) in [6.07, 6.45) is 1.21. The molecule has 1 saturated heterocycles. The molecule has 2 atom stereocenters. The second-order valence-electron chi connectivity index (χ2n) is 5.21.